The topological polar surface area (TPSA) is 88.5 Å². The number of hydrogen-bond acceptors (Lipinski definition) is 4. The molecule has 36 heavy (non-hydrogen) atoms. The van der Waals surface area contributed by atoms with E-state index in [0.29, 0.717) is 18.1 Å². The molecule has 0 radical (unpaired) electrons. The highest BCUT2D eigenvalue weighted by Gasteiger charge is 2.23. The average molecular weight is 492 g/mol. The van der Waals surface area contributed by atoms with Gasteiger partial charge in [-0.1, -0.05) is 57.5 Å². The molecule has 0 atom stereocenters. The molecule has 2 aromatic carbocycles. The Balaban J connectivity index is 1.78. The Morgan fingerprint density at radius 2 is 1.69 bits per heavy atom. The second-order valence-electron chi connectivity index (χ2n) is 9.86. The predicted octanol–water partition coefficient (Wildman–Crippen LogP) is 5.16. The maximum absolute atomic E-state index is 13.1. The highest BCUT2D eigenvalue weighted by Crippen LogP contribution is 2.26. The smallest absolute Gasteiger partial charge is 0.322 e. The third-order valence-corrected chi connectivity index (χ3v) is 5.82. The molecule has 3 aromatic rings. The second kappa shape index (κ2) is 11.9. The van der Waals surface area contributed by atoms with Crippen molar-refractivity contribution in [2.24, 2.45) is 0 Å². The van der Waals surface area contributed by atoms with E-state index >= 15 is 0 Å². The maximum atomic E-state index is 13.1. The second-order valence-corrected chi connectivity index (χ2v) is 9.86. The van der Waals surface area contributed by atoms with E-state index in [0.717, 1.165) is 23.4 Å². The van der Waals surface area contributed by atoms with E-state index in [-0.39, 0.29) is 30.4 Å². The van der Waals surface area contributed by atoms with Crippen LogP contribution >= 0.6 is 0 Å². The van der Waals surface area contributed by atoms with Crippen LogP contribution in [0.4, 0.5) is 16.3 Å². The monoisotopic (exact) mass is 491 g/mol. The van der Waals surface area contributed by atoms with E-state index in [1.54, 1.807) is 11.8 Å². The van der Waals surface area contributed by atoms with Crippen LogP contribution in [0.3, 0.4) is 0 Å². The van der Waals surface area contributed by atoms with E-state index < -0.39 is 0 Å². The standard InChI is InChI=1S/C28H37N5O3/c1-7-21-10-12-22(13-11-21)29-27(35)32(16-17-36-6)19-26(34)30-25-18-24(28(3,4)5)31-33(25)23-14-8-20(2)9-15-23/h8-15,18H,7,16-17,19H2,1-6H3,(H,29,35)(H,30,34). The van der Waals surface area contributed by atoms with Crippen molar-refractivity contribution in [3.8, 4) is 5.69 Å². The lowest BCUT2D eigenvalue weighted by molar-refractivity contribution is -0.116. The van der Waals surface area contributed by atoms with E-state index in [4.69, 9.17) is 9.84 Å². The van der Waals surface area contributed by atoms with Gasteiger partial charge in [-0.05, 0) is 43.2 Å². The number of anilines is 2. The number of ether oxygens (including phenoxy) is 1. The number of carbonyl (C=O) groups excluding carboxylic acids is 2. The minimum Gasteiger partial charge on any atom is -0.383 e. The molecule has 0 aliphatic carbocycles. The van der Waals surface area contributed by atoms with Crippen molar-refractivity contribution < 1.29 is 14.3 Å². The number of methoxy groups -OCH3 is 1. The lowest BCUT2D eigenvalue weighted by Crippen LogP contribution is -2.42. The van der Waals surface area contributed by atoms with Gasteiger partial charge in [-0.3, -0.25) is 4.79 Å². The quantitative estimate of drug-likeness (QED) is 0.433. The Kier molecular flexibility index (Phi) is 8.88. The van der Waals surface area contributed by atoms with Gasteiger partial charge in [0.25, 0.3) is 0 Å². The Bertz CT molecular complexity index is 1160. The molecule has 2 N–H and O–H groups in total. The number of aromatic nitrogens is 2. The number of nitrogens with zero attached hydrogens (tertiary/aromatic N) is 3. The van der Waals surface area contributed by atoms with E-state index in [2.05, 4.69) is 38.3 Å². The minimum absolute atomic E-state index is 0.133. The van der Waals surface area contributed by atoms with Gasteiger partial charge in [0.15, 0.2) is 0 Å². The van der Waals surface area contributed by atoms with Crippen LogP contribution in [0.25, 0.3) is 5.69 Å². The molecule has 0 aliphatic heterocycles. The van der Waals surface area contributed by atoms with Crippen molar-refractivity contribution in [2.45, 2.75) is 46.5 Å². The zero-order valence-electron chi connectivity index (χ0n) is 22.1. The molecule has 192 valence electrons. The lowest BCUT2D eigenvalue weighted by Gasteiger charge is -2.22. The van der Waals surface area contributed by atoms with Crippen molar-refractivity contribution in [3.05, 3.63) is 71.4 Å². The minimum atomic E-state index is -0.367. The van der Waals surface area contributed by atoms with Crippen molar-refractivity contribution in [1.82, 2.24) is 14.7 Å². The number of hydrogen-bond donors (Lipinski definition) is 2. The number of amides is 3. The van der Waals surface area contributed by atoms with Gasteiger partial charge in [-0.2, -0.15) is 5.10 Å². The van der Waals surface area contributed by atoms with E-state index in [9.17, 15) is 9.59 Å². The van der Waals surface area contributed by atoms with E-state index in [1.807, 2.05) is 61.5 Å². The fraction of sp³-hybridized carbons (Fsp3) is 0.393. The number of nitrogens with one attached hydrogen (secondary N) is 2. The Hall–Kier alpha value is -3.65. The average Bonchev–Trinajstić information content (AvgIpc) is 3.27. The molecule has 8 nitrogen and oxygen atoms in total. The molecule has 1 heterocycles. The van der Waals surface area contributed by atoms with Crippen LogP contribution in [0.2, 0.25) is 0 Å². The lowest BCUT2D eigenvalue weighted by atomic mass is 9.92. The molecule has 0 unspecified atom stereocenters. The van der Waals surface area contributed by atoms with Crippen LogP contribution in [0.5, 0.6) is 0 Å². The van der Waals surface area contributed by atoms with Crippen molar-refractivity contribution in [2.75, 3.05) is 37.4 Å². The van der Waals surface area contributed by atoms with Gasteiger partial charge in [0.1, 0.15) is 12.4 Å². The normalized spacial score (nSPS) is 11.3. The molecular formula is C28H37N5O3. The summed E-state index contributed by atoms with van der Waals surface area (Å²) in [6, 6.07) is 17.1. The largest absolute Gasteiger partial charge is 0.383 e. The molecule has 0 bridgehead atoms. The Labute approximate surface area is 213 Å². The molecule has 3 rings (SSSR count). The summed E-state index contributed by atoms with van der Waals surface area (Å²) >= 11 is 0. The fourth-order valence-corrected chi connectivity index (χ4v) is 3.56. The molecule has 3 amide bonds. The zero-order chi connectivity index (χ0) is 26.3. The number of rotatable bonds is 9. The van der Waals surface area contributed by atoms with Crippen LogP contribution in [-0.4, -0.2) is 53.4 Å². The summed E-state index contributed by atoms with van der Waals surface area (Å²) in [6.07, 6.45) is 0.921. The molecule has 0 aliphatic rings. The summed E-state index contributed by atoms with van der Waals surface area (Å²) in [4.78, 5) is 27.5. The third kappa shape index (κ3) is 7.18. The SMILES string of the molecule is CCc1ccc(NC(=O)N(CCOC)CC(=O)Nc2cc(C(C)(C)C)nn2-c2ccc(C)cc2)cc1. The van der Waals surface area contributed by atoms with Crippen LogP contribution < -0.4 is 10.6 Å². The summed E-state index contributed by atoms with van der Waals surface area (Å²) in [5.41, 5.74) is 4.49. The number of aryl methyl sites for hydroxylation is 2. The van der Waals surface area contributed by atoms with Gasteiger partial charge in [0.05, 0.1) is 18.0 Å². The van der Waals surface area contributed by atoms with Crippen molar-refractivity contribution >= 4 is 23.4 Å². The highest BCUT2D eigenvalue weighted by atomic mass is 16.5. The molecule has 0 saturated heterocycles. The van der Waals surface area contributed by atoms with Gasteiger partial charge in [0.2, 0.25) is 5.91 Å². The molecule has 0 spiro atoms. The van der Waals surface area contributed by atoms with Crippen LogP contribution in [-0.2, 0) is 21.4 Å². The summed E-state index contributed by atoms with van der Waals surface area (Å²) in [7, 11) is 1.56. The van der Waals surface area contributed by atoms with Crippen LogP contribution in [0, 0.1) is 6.92 Å². The zero-order valence-corrected chi connectivity index (χ0v) is 22.1. The molecule has 1 aromatic heterocycles. The Morgan fingerprint density at radius 3 is 2.28 bits per heavy atom. The van der Waals surface area contributed by atoms with E-state index in [1.165, 1.54) is 10.5 Å². The van der Waals surface area contributed by atoms with Crippen LogP contribution in [0.1, 0.15) is 44.5 Å². The van der Waals surface area contributed by atoms with Gasteiger partial charge in [0, 0.05) is 30.8 Å². The van der Waals surface area contributed by atoms with Gasteiger partial charge >= 0.3 is 6.03 Å². The first-order valence-electron chi connectivity index (χ1n) is 12.2. The highest BCUT2D eigenvalue weighted by molar-refractivity contribution is 5.96. The summed E-state index contributed by atoms with van der Waals surface area (Å²) < 4.78 is 6.89. The fourth-order valence-electron chi connectivity index (χ4n) is 3.56. The summed E-state index contributed by atoms with van der Waals surface area (Å²) in [6.45, 7) is 10.8. The first-order chi connectivity index (χ1) is 17.1. The molecule has 8 heteroatoms. The number of carbonyl (C=O) groups is 2. The molecular weight excluding hydrogens is 454 g/mol. The van der Waals surface area contributed by atoms with Gasteiger partial charge in [-0.25, -0.2) is 9.48 Å². The Morgan fingerprint density at radius 1 is 1.03 bits per heavy atom. The van der Waals surface area contributed by atoms with Gasteiger partial charge in [-0.15, -0.1) is 0 Å². The first-order valence-corrected chi connectivity index (χ1v) is 12.2. The maximum Gasteiger partial charge on any atom is 0.322 e. The van der Waals surface area contributed by atoms with Crippen molar-refractivity contribution in [3.63, 3.8) is 0 Å². The summed E-state index contributed by atoms with van der Waals surface area (Å²) in [5.74, 6) is 0.229. The predicted molar refractivity (Wildman–Crippen MR) is 144 cm³/mol. The molecule has 0 saturated carbocycles. The van der Waals surface area contributed by atoms with Crippen LogP contribution in [0.15, 0.2) is 54.6 Å². The van der Waals surface area contributed by atoms with Gasteiger partial charge < -0.3 is 20.3 Å². The first kappa shape index (κ1) is 26.9. The summed E-state index contributed by atoms with van der Waals surface area (Å²) in [5, 5.41) is 10.6. The van der Waals surface area contributed by atoms with Crippen molar-refractivity contribution in [1.29, 1.82) is 0 Å². The number of urea groups is 1. The molecule has 0 fully saturated rings. The number of benzene rings is 2. The third-order valence-electron chi connectivity index (χ3n) is 5.82.